The molecule has 0 saturated carbocycles. The van der Waals surface area contributed by atoms with Gasteiger partial charge in [-0.05, 0) is 41.5 Å². The number of nitrogens with zero attached hydrogens (tertiary/aromatic N) is 1. The van der Waals surface area contributed by atoms with E-state index in [1.165, 1.54) is 11.8 Å². The summed E-state index contributed by atoms with van der Waals surface area (Å²) in [6.45, 7) is 0. The minimum absolute atomic E-state index is 0.0541. The van der Waals surface area contributed by atoms with Gasteiger partial charge in [0.1, 0.15) is 5.75 Å². The highest BCUT2D eigenvalue weighted by Crippen LogP contribution is 2.38. The third kappa shape index (κ3) is 4.75. The summed E-state index contributed by atoms with van der Waals surface area (Å²) in [4.78, 5) is 12.5. The first-order valence-corrected chi connectivity index (χ1v) is 9.57. The molecule has 0 fully saturated rings. The van der Waals surface area contributed by atoms with Gasteiger partial charge in [-0.2, -0.15) is 0 Å². The second-order valence-corrected chi connectivity index (χ2v) is 7.66. The summed E-state index contributed by atoms with van der Waals surface area (Å²) in [6, 6.07) is 18.0. The number of benzene rings is 3. The summed E-state index contributed by atoms with van der Waals surface area (Å²) >= 11 is 13.2. The van der Waals surface area contributed by atoms with Crippen molar-refractivity contribution in [1.29, 1.82) is 0 Å². The summed E-state index contributed by atoms with van der Waals surface area (Å²) in [7, 11) is 1.61. The quantitative estimate of drug-likeness (QED) is 0.331. The lowest BCUT2D eigenvalue weighted by Gasteiger charge is -2.10. The van der Waals surface area contributed by atoms with Gasteiger partial charge in [0.25, 0.3) is 5.69 Å². The molecule has 0 atom stereocenters. The summed E-state index contributed by atoms with van der Waals surface area (Å²) in [6.07, 6.45) is 0.544. The van der Waals surface area contributed by atoms with Crippen molar-refractivity contribution in [2.24, 2.45) is 0 Å². The van der Waals surface area contributed by atoms with E-state index in [0.29, 0.717) is 21.4 Å². The van der Waals surface area contributed by atoms with Crippen LogP contribution in [0.4, 0.5) is 5.69 Å². The van der Waals surface area contributed by atoms with E-state index in [0.717, 1.165) is 21.8 Å². The van der Waals surface area contributed by atoms with Crippen LogP contribution < -0.4 is 4.74 Å². The molecule has 7 heteroatoms. The van der Waals surface area contributed by atoms with Crippen LogP contribution in [0, 0.1) is 10.1 Å². The number of halogens is 2. The van der Waals surface area contributed by atoms with Gasteiger partial charge < -0.3 is 4.74 Å². The zero-order valence-electron chi connectivity index (χ0n) is 14.3. The molecule has 3 aromatic carbocycles. The summed E-state index contributed by atoms with van der Waals surface area (Å²) in [5, 5.41) is 12.4. The number of hydrogen-bond acceptors (Lipinski definition) is 4. The largest absolute Gasteiger partial charge is 0.496 e. The number of nitro benzene ring substituents is 1. The lowest BCUT2D eigenvalue weighted by atomic mass is 10.0. The molecule has 3 rings (SSSR count). The van der Waals surface area contributed by atoms with Crippen molar-refractivity contribution in [3.63, 3.8) is 0 Å². The van der Waals surface area contributed by atoms with Crippen molar-refractivity contribution in [3.05, 3.63) is 92.0 Å². The highest BCUT2D eigenvalue weighted by atomic mass is 35.5. The van der Waals surface area contributed by atoms with Crippen LogP contribution in [0.25, 0.3) is 0 Å². The normalized spacial score (nSPS) is 10.6. The Balaban J connectivity index is 1.90. The van der Waals surface area contributed by atoms with Gasteiger partial charge in [-0.1, -0.05) is 59.2 Å². The summed E-state index contributed by atoms with van der Waals surface area (Å²) < 4.78 is 5.36. The first kappa shape index (κ1) is 19.5. The summed E-state index contributed by atoms with van der Waals surface area (Å²) in [5.41, 5.74) is 1.86. The van der Waals surface area contributed by atoms with E-state index < -0.39 is 0 Å². The molecule has 0 unspecified atom stereocenters. The monoisotopic (exact) mass is 419 g/mol. The van der Waals surface area contributed by atoms with Crippen LogP contribution in [-0.2, 0) is 6.42 Å². The number of hydrogen-bond donors (Lipinski definition) is 0. The molecule has 0 radical (unpaired) electrons. The Bertz CT molecular complexity index is 995. The average molecular weight is 420 g/mol. The van der Waals surface area contributed by atoms with Gasteiger partial charge in [0.2, 0.25) is 0 Å². The Morgan fingerprint density at radius 2 is 1.81 bits per heavy atom. The fraction of sp³-hybridized carbons (Fsp3) is 0.100. The van der Waals surface area contributed by atoms with Gasteiger partial charge in [0.05, 0.1) is 27.0 Å². The van der Waals surface area contributed by atoms with Gasteiger partial charge in [0, 0.05) is 17.4 Å². The second-order valence-electron chi connectivity index (χ2n) is 5.73. The first-order valence-electron chi connectivity index (χ1n) is 8.00. The van der Waals surface area contributed by atoms with Crippen LogP contribution in [0.5, 0.6) is 5.75 Å². The fourth-order valence-corrected chi connectivity index (χ4v) is 3.94. The van der Waals surface area contributed by atoms with E-state index in [1.807, 2.05) is 30.3 Å². The lowest BCUT2D eigenvalue weighted by molar-refractivity contribution is -0.387. The maximum atomic E-state index is 11.6. The van der Waals surface area contributed by atoms with Crippen LogP contribution in [-0.4, -0.2) is 12.0 Å². The van der Waals surface area contributed by atoms with Gasteiger partial charge in [-0.15, -0.1) is 0 Å². The molecule has 0 aromatic heterocycles. The molecule has 0 amide bonds. The number of rotatable bonds is 6. The predicted octanol–water partition coefficient (Wildman–Crippen LogP) is 6.65. The molecule has 0 saturated heterocycles. The van der Waals surface area contributed by atoms with Gasteiger partial charge in [0.15, 0.2) is 0 Å². The number of methoxy groups -OCH3 is 1. The van der Waals surface area contributed by atoms with Crippen molar-refractivity contribution in [1.82, 2.24) is 0 Å². The van der Waals surface area contributed by atoms with E-state index in [2.05, 4.69) is 0 Å². The van der Waals surface area contributed by atoms with Crippen LogP contribution in [0.1, 0.15) is 11.1 Å². The van der Waals surface area contributed by atoms with Gasteiger partial charge in [-0.3, -0.25) is 10.1 Å². The molecule has 138 valence electrons. The zero-order valence-corrected chi connectivity index (χ0v) is 16.6. The molecular formula is C20H15Cl2NO3S. The number of para-hydroxylation sites is 1. The Morgan fingerprint density at radius 1 is 1.04 bits per heavy atom. The first-order chi connectivity index (χ1) is 13.0. The molecule has 27 heavy (non-hydrogen) atoms. The van der Waals surface area contributed by atoms with Gasteiger partial charge >= 0.3 is 0 Å². The highest BCUT2D eigenvalue weighted by molar-refractivity contribution is 7.99. The molecule has 0 N–H and O–H groups in total. The minimum Gasteiger partial charge on any atom is -0.496 e. The van der Waals surface area contributed by atoms with Crippen LogP contribution in [0.2, 0.25) is 10.0 Å². The predicted molar refractivity (Wildman–Crippen MR) is 109 cm³/mol. The van der Waals surface area contributed by atoms with Crippen LogP contribution >= 0.6 is 35.0 Å². The van der Waals surface area contributed by atoms with E-state index in [4.69, 9.17) is 27.9 Å². The molecule has 0 bridgehead atoms. The number of ether oxygens (including phenoxy) is 1. The second kappa shape index (κ2) is 8.65. The molecule has 0 aliphatic heterocycles. The maximum Gasteiger partial charge on any atom is 0.283 e. The SMILES string of the molecule is COc1ccccc1Cc1ccc(Sc2ccc(Cl)c(Cl)c2)c([N+](=O)[O-])c1. The third-order valence-corrected chi connectivity index (χ3v) is 5.72. The van der Waals surface area contributed by atoms with Crippen molar-refractivity contribution in [2.45, 2.75) is 16.2 Å². The lowest BCUT2D eigenvalue weighted by Crippen LogP contribution is -1.96. The molecule has 3 aromatic rings. The molecule has 0 aliphatic rings. The standard InChI is InChI=1S/C20H15Cl2NO3S/c1-26-19-5-3-2-4-14(19)10-13-6-9-20(18(11-13)23(24)25)27-15-7-8-16(21)17(22)12-15/h2-9,11-12H,10H2,1H3. The Morgan fingerprint density at radius 3 is 2.52 bits per heavy atom. The van der Waals surface area contributed by atoms with E-state index in [-0.39, 0.29) is 10.6 Å². The summed E-state index contributed by atoms with van der Waals surface area (Å²) in [5.74, 6) is 0.759. The highest BCUT2D eigenvalue weighted by Gasteiger charge is 2.17. The fourth-order valence-electron chi connectivity index (χ4n) is 2.64. The molecular weight excluding hydrogens is 405 g/mol. The van der Waals surface area contributed by atoms with E-state index in [9.17, 15) is 10.1 Å². The van der Waals surface area contributed by atoms with Crippen LogP contribution in [0.3, 0.4) is 0 Å². The van der Waals surface area contributed by atoms with Crippen molar-refractivity contribution in [3.8, 4) is 5.75 Å². The smallest absolute Gasteiger partial charge is 0.283 e. The van der Waals surface area contributed by atoms with E-state index in [1.54, 1.807) is 37.4 Å². The number of nitro groups is 1. The van der Waals surface area contributed by atoms with E-state index >= 15 is 0 Å². The molecule has 0 aliphatic carbocycles. The van der Waals surface area contributed by atoms with Crippen molar-refractivity contribution in [2.75, 3.05) is 7.11 Å². The maximum absolute atomic E-state index is 11.6. The third-order valence-electron chi connectivity index (χ3n) is 3.93. The van der Waals surface area contributed by atoms with Crippen molar-refractivity contribution >= 4 is 40.7 Å². The zero-order chi connectivity index (χ0) is 19.4. The molecule has 0 spiro atoms. The Kier molecular flexibility index (Phi) is 6.26. The van der Waals surface area contributed by atoms with Crippen LogP contribution in [0.15, 0.2) is 70.5 Å². The minimum atomic E-state index is -0.369. The molecule has 4 nitrogen and oxygen atoms in total. The average Bonchev–Trinajstić information content (AvgIpc) is 2.66. The Hall–Kier alpha value is -2.21. The topological polar surface area (TPSA) is 52.4 Å². The van der Waals surface area contributed by atoms with Crippen molar-refractivity contribution < 1.29 is 9.66 Å². The van der Waals surface area contributed by atoms with Gasteiger partial charge in [-0.25, -0.2) is 0 Å². The molecule has 0 heterocycles. The Labute approximate surface area is 171 Å².